The Hall–Kier alpha value is -5.85. The Bertz CT molecular complexity index is 2470. The first kappa shape index (κ1) is 34.9. The minimum absolute atomic E-state index is 0.00579. The van der Waals surface area contributed by atoms with Crippen LogP contribution in [0, 0.1) is 6.92 Å². The van der Waals surface area contributed by atoms with Crippen molar-refractivity contribution in [2.45, 2.75) is 70.5 Å². The molecular weight excluding hydrogens is 705 g/mol. The lowest BCUT2D eigenvalue weighted by Gasteiger charge is -2.34. The molecule has 0 bridgehead atoms. The Labute approximate surface area is 316 Å². The minimum Gasteiger partial charge on any atom is -0.369 e. The van der Waals surface area contributed by atoms with E-state index in [0.717, 1.165) is 71.3 Å². The number of nitrogens with one attached hydrogen (secondary N) is 1. The van der Waals surface area contributed by atoms with E-state index in [4.69, 9.17) is 5.10 Å². The number of fused-ring (bicyclic) bond motifs is 3. The number of aromatic nitrogens is 3. The summed E-state index contributed by atoms with van der Waals surface area (Å²) in [4.78, 5) is 56.1. The van der Waals surface area contributed by atoms with Gasteiger partial charge >= 0.3 is 0 Å². The molecule has 1 N–H and O–H groups in total. The number of alkyl halides is 2. The number of carbonyl (C=O) groups is 3. The maximum absolute atomic E-state index is 15.0. The normalized spacial score (nSPS) is 20.0. The molecule has 2 saturated heterocycles. The first-order valence-corrected chi connectivity index (χ1v) is 18.9. The van der Waals surface area contributed by atoms with Crippen molar-refractivity contribution in [1.29, 1.82) is 0 Å². The van der Waals surface area contributed by atoms with Gasteiger partial charge in [-0.15, -0.1) is 0 Å². The summed E-state index contributed by atoms with van der Waals surface area (Å²) < 4.78 is 33.4. The molecule has 2 fully saturated rings. The fraction of sp³-hybridized carbons (Fsp3) is 0.357. The number of hydrogen-bond acceptors (Lipinski definition) is 7. The topological polar surface area (TPSA) is 113 Å². The lowest BCUT2D eigenvalue weighted by atomic mass is 9.92. The first-order chi connectivity index (χ1) is 26.5. The van der Waals surface area contributed by atoms with E-state index in [1.165, 1.54) is 0 Å². The third-order valence-electron chi connectivity index (χ3n) is 11.9. The maximum atomic E-state index is 15.0. The molecule has 55 heavy (non-hydrogen) atoms. The lowest BCUT2D eigenvalue weighted by molar-refractivity contribution is -0.136. The van der Waals surface area contributed by atoms with Crippen LogP contribution in [0.4, 0.5) is 25.8 Å². The van der Waals surface area contributed by atoms with Crippen LogP contribution in [0.15, 0.2) is 71.8 Å². The molecule has 3 aromatic carbocycles. The average Bonchev–Trinajstić information content (AvgIpc) is 3.81. The van der Waals surface area contributed by atoms with Crippen LogP contribution in [0.25, 0.3) is 22.0 Å². The lowest BCUT2D eigenvalue weighted by Crippen LogP contribution is -2.52. The third kappa shape index (κ3) is 5.96. The van der Waals surface area contributed by atoms with Gasteiger partial charge in [0.1, 0.15) is 6.04 Å². The summed E-state index contributed by atoms with van der Waals surface area (Å²) in [7, 11) is 1.76. The quantitative estimate of drug-likeness (QED) is 0.202. The van der Waals surface area contributed by atoms with Crippen molar-refractivity contribution in [2.24, 2.45) is 7.05 Å². The molecule has 6 heterocycles. The third-order valence-corrected chi connectivity index (χ3v) is 11.9. The van der Waals surface area contributed by atoms with E-state index in [1.807, 2.05) is 59.4 Å². The van der Waals surface area contributed by atoms with Crippen molar-refractivity contribution < 1.29 is 23.2 Å². The summed E-state index contributed by atoms with van der Waals surface area (Å²) in [6.07, 6.45) is 4.77. The molecule has 2 aromatic heterocycles. The van der Waals surface area contributed by atoms with Crippen molar-refractivity contribution in [3.63, 3.8) is 0 Å². The van der Waals surface area contributed by atoms with E-state index >= 15 is 0 Å². The number of carbonyl (C=O) groups excluding carboxylic acids is 3. The maximum Gasteiger partial charge on any atom is 0.264 e. The zero-order valence-electron chi connectivity index (χ0n) is 30.7. The van der Waals surface area contributed by atoms with E-state index in [2.05, 4.69) is 15.1 Å². The van der Waals surface area contributed by atoms with Gasteiger partial charge in [-0.25, -0.2) is 8.78 Å². The highest BCUT2D eigenvalue weighted by Gasteiger charge is 2.39. The largest absolute Gasteiger partial charge is 0.369 e. The van der Waals surface area contributed by atoms with E-state index in [0.29, 0.717) is 48.3 Å². The van der Waals surface area contributed by atoms with Crippen LogP contribution in [-0.2, 0) is 29.6 Å². The van der Waals surface area contributed by atoms with E-state index in [-0.39, 0.29) is 35.4 Å². The summed E-state index contributed by atoms with van der Waals surface area (Å²) in [5.41, 5.74) is 7.48. The smallest absolute Gasteiger partial charge is 0.264 e. The van der Waals surface area contributed by atoms with E-state index in [1.54, 1.807) is 35.7 Å². The van der Waals surface area contributed by atoms with Crippen molar-refractivity contribution in [2.75, 3.05) is 29.4 Å². The molecule has 4 aliphatic heterocycles. The van der Waals surface area contributed by atoms with E-state index in [9.17, 15) is 28.0 Å². The Kier molecular flexibility index (Phi) is 8.54. The van der Waals surface area contributed by atoms with Gasteiger partial charge in [-0.05, 0) is 104 Å². The summed E-state index contributed by atoms with van der Waals surface area (Å²) in [6.45, 7) is 4.25. The average molecular weight is 746 g/mol. The molecule has 0 spiro atoms. The number of rotatable bonds is 6. The zero-order chi connectivity index (χ0) is 38.1. The molecule has 11 nitrogen and oxygen atoms in total. The number of aryl methyl sites for hydroxylation is 3. The highest BCUT2D eigenvalue weighted by Crippen LogP contribution is 2.43. The molecule has 2 atom stereocenters. The number of hydrogen-bond donors (Lipinski definition) is 1. The van der Waals surface area contributed by atoms with Gasteiger partial charge in [-0.1, -0.05) is 6.07 Å². The van der Waals surface area contributed by atoms with Gasteiger partial charge in [0.2, 0.25) is 11.8 Å². The summed E-state index contributed by atoms with van der Waals surface area (Å²) in [6, 6.07) is 16.4. The molecule has 13 heteroatoms. The van der Waals surface area contributed by atoms with Crippen LogP contribution in [0.3, 0.4) is 0 Å². The first-order valence-electron chi connectivity index (χ1n) is 18.9. The molecule has 5 aromatic rings. The number of pyridine rings is 1. The second-order valence-electron chi connectivity index (χ2n) is 15.2. The Morgan fingerprint density at radius 3 is 2.56 bits per heavy atom. The van der Waals surface area contributed by atoms with Gasteiger partial charge in [0.05, 0.1) is 23.4 Å². The molecule has 3 amide bonds. The van der Waals surface area contributed by atoms with Crippen LogP contribution >= 0.6 is 0 Å². The number of anilines is 3. The van der Waals surface area contributed by atoms with Crippen LogP contribution < -0.4 is 20.7 Å². The molecule has 282 valence electrons. The Balaban J connectivity index is 0.972. The molecule has 0 aliphatic carbocycles. The monoisotopic (exact) mass is 745 g/mol. The van der Waals surface area contributed by atoms with Gasteiger partial charge in [-0.3, -0.25) is 29.2 Å². The molecule has 9 rings (SSSR count). The summed E-state index contributed by atoms with van der Waals surface area (Å²) in [5.74, 6) is -0.949. The van der Waals surface area contributed by atoms with Crippen LogP contribution in [-0.4, -0.2) is 62.6 Å². The fourth-order valence-electron chi connectivity index (χ4n) is 9.04. The summed E-state index contributed by atoms with van der Waals surface area (Å²) >= 11 is 0. The number of halogens is 2. The van der Waals surface area contributed by atoms with Crippen molar-refractivity contribution >= 4 is 45.7 Å². The number of piperidine rings is 2. The predicted molar refractivity (Wildman–Crippen MR) is 205 cm³/mol. The van der Waals surface area contributed by atoms with Gasteiger partial charge in [0.15, 0.2) is 0 Å². The Morgan fingerprint density at radius 1 is 0.891 bits per heavy atom. The molecule has 0 saturated carbocycles. The van der Waals surface area contributed by atoms with Crippen LogP contribution in [0.5, 0.6) is 0 Å². The zero-order valence-corrected chi connectivity index (χ0v) is 30.7. The number of benzene rings is 3. The number of imide groups is 1. The molecule has 4 aliphatic rings. The van der Waals surface area contributed by atoms with Gasteiger partial charge in [0, 0.05) is 84.9 Å². The van der Waals surface area contributed by atoms with Gasteiger partial charge < -0.3 is 19.3 Å². The van der Waals surface area contributed by atoms with Crippen molar-refractivity contribution in [3.8, 4) is 11.1 Å². The van der Waals surface area contributed by atoms with Gasteiger partial charge in [-0.2, -0.15) is 5.10 Å². The molecule has 0 radical (unpaired) electrons. The second-order valence-corrected chi connectivity index (χ2v) is 15.2. The minimum atomic E-state index is -2.70. The molecular formula is C42H41F2N7O4. The second kappa shape index (κ2) is 13.5. The predicted octanol–water partition coefficient (Wildman–Crippen LogP) is 6.33. The highest BCUT2D eigenvalue weighted by molar-refractivity contribution is 6.05. The van der Waals surface area contributed by atoms with Crippen molar-refractivity contribution in [3.05, 3.63) is 105 Å². The standard InChI is InChI=1S/C42H41F2N7O4/c1-24-16-33-34(47(2)41(24)54)8-3-9-35(33)49-15-4-6-25-18-31(32(39(43)44)19-37(25)49)27-20-45-51(22-27)29-7-5-14-48(23-29)28-10-11-30-26(17-28)21-50(42(30)55)36-12-13-38(52)46-40(36)53/h3,8-11,16-20,22,29,36,39H,4-7,12-15,21,23H2,1-2H3,(H,46,52,53). The summed E-state index contributed by atoms with van der Waals surface area (Å²) in [5, 5.41) is 7.97. The van der Waals surface area contributed by atoms with Crippen molar-refractivity contribution in [1.82, 2.24) is 24.6 Å². The van der Waals surface area contributed by atoms with Gasteiger partial charge in [0.25, 0.3) is 17.9 Å². The fourth-order valence-corrected chi connectivity index (χ4v) is 9.04. The SMILES string of the molecule is Cc1cc2c(N3CCCc4cc(-c5cnn(C6CCCN(c7ccc8c(c7)CN(C7CCC(=O)NC7=O)C8=O)C6)c5)c(C(F)F)cc43)cccc2n(C)c1=O. The Morgan fingerprint density at radius 2 is 1.75 bits per heavy atom. The molecule has 2 unspecified atom stereocenters. The van der Waals surface area contributed by atoms with Crippen LogP contribution in [0.1, 0.15) is 77.2 Å². The number of nitrogens with zero attached hydrogens (tertiary/aromatic N) is 6. The van der Waals surface area contributed by atoms with Crippen LogP contribution in [0.2, 0.25) is 0 Å². The highest BCUT2D eigenvalue weighted by atomic mass is 19.3. The number of amides is 3. The van der Waals surface area contributed by atoms with E-state index < -0.39 is 18.4 Å².